The van der Waals surface area contributed by atoms with E-state index < -0.39 is 0 Å². The van der Waals surface area contributed by atoms with Crippen LogP contribution in [0.3, 0.4) is 0 Å². The molecule has 0 saturated heterocycles. The van der Waals surface area contributed by atoms with Gasteiger partial charge in [0, 0.05) is 16.2 Å². The van der Waals surface area contributed by atoms with Gasteiger partial charge in [-0.2, -0.15) is 0 Å². The molecule has 1 nitrogen and oxygen atoms in total. The number of benzene rings is 1. The smallest absolute Gasteiger partial charge is 0.117 e. The van der Waals surface area contributed by atoms with E-state index in [-0.39, 0.29) is 0 Å². The van der Waals surface area contributed by atoms with E-state index in [1.807, 2.05) is 11.4 Å². The fourth-order valence-electron chi connectivity index (χ4n) is 0.884. The van der Waals surface area contributed by atoms with Crippen LogP contribution in [0.2, 0.25) is 0 Å². The first-order valence-corrected chi connectivity index (χ1v) is 3.82. The first-order chi connectivity index (χ1) is 4.86. The molecule has 2 aromatic rings. The third-order valence-corrected chi connectivity index (χ3v) is 2.19. The first kappa shape index (κ1) is 5.74. The highest BCUT2D eigenvalue weighted by Gasteiger charge is 1.94. The van der Waals surface area contributed by atoms with Gasteiger partial charge in [0.2, 0.25) is 0 Å². The Morgan fingerprint density at radius 1 is 1.40 bits per heavy atom. The van der Waals surface area contributed by atoms with Gasteiger partial charge in [-0.25, -0.2) is 0 Å². The van der Waals surface area contributed by atoms with Crippen LogP contribution in [0.5, 0.6) is 5.75 Å². The number of fused-ring (bicyclic) bond motifs is 1. The van der Waals surface area contributed by atoms with E-state index in [4.69, 9.17) is 5.11 Å². The second kappa shape index (κ2) is 1.99. The third kappa shape index (κ3) is 0.772. The fraction of sp³-hybridized carbons (Fsp3) is 0. The van der Waals surface area contributed by atoms with Gasteiger partial charge in [-0.1, -0.05) is 0 Å². The molecule has 10 heavy (non-hydrogen) atoms. The number of phenols is 1. The predicted octanol–water partition coefficient (Wildman–Crippen LogP) is 2.41. The van der Waals surface area contributed by atoms with Crippen molar-refractivity contribution in [2.75, 3.05) is 0 Å². The summed E-state index contributed by atoms with van der Waals surface area (Å²) in [6, 6.07) is 8.34. The zero-order chi connectivity index (χ0) is 6.97. The lowest BCUT2D eigenvalue weighted by Gasteiger charge is -1.88. The van der Waals surface area contributed by atoms with Crippen molar-refractivity contribution >= 4 is 21.4 Å². The second-order valence-electron chi connectivity index (χ2n) is 2.06. The van der Waals surface area contributed by atoms with Gasteiger partial charge in [0.05, 0.1) is 0 Å². The van der Waals surface area contributed by atoms with Crippen LogP contribution in [0, 0.1) is 6.07 Å². The monoisotopic (exact) mass is 149 g/mol. The molecule has 0 unspecified atom stereocenters. The summed E-state index contributed by atoms with van der Waals surface area (Å²) in [7, 11) is 0. The molecule has 2 rings (SSSR count). The molecule has 1 heterocycles. The fourth-order valence-corrected chi connectivity index (χ4v) is 1.64. The largest absolute Gasteiger partial charge is 0.508 e. The third-order valence-electron chi connectivity index (χ3n) is 1.37. The Morgan fingerprint density at radius 2 is 2.30 bits per heavy atom. The average molecular weight is 149 g/mol. The molecule has 49 valence electrons. The van der Waals surface area contributed by atoms with Crippen molar-refractivity contribution in [1.29, 1.82) is 0 Å². The summed E-state index contributed by atoms with van der Waals surface area (Å²) in [5, 5.41) is 12.0. The molecule has 1 aromatic carbocycles. The maximum atomic E-state index is 9.04. The number of phenolic OH excluding ortho intramolecular Hbond substituents is 1. The van der Waals surface area contributed by atoms with E-state index >= 15 is 0 Å². The Kier molecular flexibility index (Phi) is 1.14. The van der Waals surface area contributed by atoms with Crippen LogP contribution in [0.15, 0.2) is 23.6 Å². The Morgan fingerprint density at radius 3 is 3.20 bits per heavy atom. The Hall–Kier alpha value is -1.02. The molecule has 0 atom stereocenters. The van der Waals surface area contributed by atoms with E-state index in [0.29, 0.717) is 5.75 Å². The Balaban J connectivity index is 2.86. The normalized spacial score (nSPS) is 10.4. The summed E-state index contributed by atoms with van der Waals surface area (Å²) in [6.07, 6.45) is 0. The first-order valence-electron chi connectivity index (χ1n) is 2.94. The maximum Gasteiger partial charge on any atom is 0.117 e. The molecule has 0 amide bonds. The zero-order valence-electron chi connectivity index (χ0n) is 5.16. The summed E-state index contributed by atoms with van der Waals surface area (Å²) >= 11 is 1.59. The van der Waals surface area contributed by atoms with Crippen molar-refractivity contribution in [1.82, 2.24) is 0 Å². The number of hydrogen-bond acceptors (Lipinski definition) is 2. The summed E-state index contributed by atoms with van der Waals surface area (Å²) < 4.78 is 1.08. The molecule has 0 aliphatic carbocycles. The summed E-state index contributed by atoms with van der Waals surface area (Å²) in [5.74, 6) is 0.323. The Labute approximate surface area is 62.5 Å². The standard InChI is InChI=1S/C8H5OS/c9-7-2-1-6-3-4-10-8(6)5-7/h1-2,4-5,9H. The van der Waals surface area contributed by atoms with E-state index in [2.05, 4.69) is 6.07 Å². The minimum atomic E-state index is 0.323. The van der Waals surface area contributed by atoms with Crippen LogP contribution in [0.25, 0.3) is 10.1 Å². The van der Waals surface area contributed by atoms with Crippen LogP contribution >= 0.6 is 11.3 Å². The quantitative estimate of drug-likeness (QED) is 0.609. The van der Waals surface area contributed by atoms with E-state index in [9.17, 15) is 0 Å². The molecule has 2 heteroatoms. The van der Waals surface area contributed by atoms with Gasteiger partial charge in [0.1, 0.15) is 5.75 Å². The van der Waals surface area contributed by atoms with E-state index in [0.717, 1.165) is 10.1 Å². The number of rotatable bonds is 0. The molecule has 0 bridgehead atoms. The highest BCUT2D eigenvalue weighted by Crippen LogP contribution is 2.23. The molecule has 1 radical (unpaired) electrons. The lowest BCUT2D eigenvalue weighted by Crippen LogP contribution is -1.62. The van der Waals surface area contributed by atoms with Crippen molar-refractivity contribution < 1.29 is 5.11 Å². The van der Waals surface area contributed by atoms with Gasteiger partial charge in [-0.05, 0) is 23.6 Å². The molecule has 0 aliphatic heterocycles. The molecule has 0 saturated carbocycles. The number of thiophene rings is 1. The van der Waals surface area contributed by atoms with Crippen LogP contribution in [0.1, 0.15) is 0 Å². The van der Waals surface area contributed by atoms with Crippen LogP contribution in [-0.4, -0.2) is 5.11 Å². The van der Waals surface area contributed by atoms with Crippen LogP contribution in [-0.2, 0) is 0 Å². The molecule has 0 aliphatic rings. The number of hydrogen-bond donors (Lipinski definition) is 1. The minimum absolute atomic E-state index is 0.323. The molecule has 0 fully saturated rings. The van der Waals surface area contributed by atoms with Crippen molar-refractivity contribution in [2.24, 2.45) is 0 Å². The molecule has 1 aromatic heterocycles. The zero-order valence-corrected chi connectivity index (χ0v) is 5.98. The summed E-state index contributed by atoms with van der Waals surface area (Å²) in [5.41, 5.74) is 0. The van der Waals surface area contributed by atoms with Crippen LogP contribution in [0.4, 0.5) is 0 Å². The van der Waals surface area contributed by atoms with Gasteiger partial charge in [-0.3, -0.25) is 0 Å². The highest BCUT2D eigenvalue weighted by atomic mass is 32.1. The molecule has 1 N–H and O–H groups in total. The second-order valence-corrected chi connectivity index (χ2v) is 2.97. The van der Waals surface area contributed by atoms with Gasteiger partial charge in [0.15, 0.2) is 0 Å². The van der Waals surface area contributed by atoms with Crippen molar-refractivity contribution in [3.05, 3.63) is 29.6 Å². The van der Waals surface area contributed by atoms with Gasteiger partial charge in [-0.15, -0.1) is 11.3 Å². The van der Waals surface area contributed by atoms with Crippen molar-refractivity contribution in [3.63, 3.8) is 0 Å². The summed E-state index contributed by atoms with van der Waals surface area (Å²) in [4.78, 5) is 0. The SMILES string of the molecule is Oc1ccc2[c]csc2c1. The molecular formula is C8H5OS. The summed E-state index contributed by atoms with van der Waals surface area (Å²) in [6.45, 7) is 0. The van der Waals surface area contributed by atoms with E-state index in [1.54, 1.807) is 23.5 Å². The van der Waals surface area contributed by atoms with E-state index in [1.165, 1.54) is 0 Å². The highest BCUT2D eigenvalue weighted by molar-refractivity contribution is 7.17. The van der Waals surface area contributed by atoms with Crippen molar-refractivity contribution in [3.8, 4) is 5.75 Å². The molecule has 0 spiro atoms. The lowest BCUT2D eigenvalue weighted by atomic mass is 10.2. The number of aromatic hydroxyl groups is 1. The van der Waals surface area contributed by atoms with Gasteiger partial charge >= 0.3 is 0 Å². The average Bonchev–Trinajstić information content (AvgIpc) is 2.33. The van der Waals surface area contributed by atoms with Crippen molar-refractivity contribution in [2.45, 2.75) is 0 Å². The predicted molar refractivity (Wildman–Crippen MR) is 42.3 cm³/mol. The van der Waals surface area contributed by atoms with Gasteiger partial charge < -0.3 is 5.11 Å². The Bertz CT molecular complexity index is 351. The molecular weight excluding hydrogens is 144 g/mol. The van der Waals surface area contributed by atoms with Gasteiger partial charge in [0.25, 0.3) is 0 Å². The topological polar surface area (TPSA) is 20.2 Å². The maximum absolute atomic E-state index is 9.04. The van der Waals surface area contributed by atoms with Crippen LogP contribution < -0.4 is 0 Å². The minimum Gasteiger partial charge on any atom is -0.508 e. The lowest BCUT2D eigenvalue weighted by molar-refractivity contribution is 0.476.